The second kappa shape index (κ2) is 12.6. The van der Waals surface area contributed by atoms with Crippen molar-refractivity contribution in [2.45, 2.75) is 18.4 Å². The van der Waals surface area contributed by atoms with Gasteiger partial charge in [0.1, 0.15) is 0 Å². The first kappa shape index (κ1) is 32.3. The predicted octanol–water partition coefficient (Wildman–Crippen LogP) is 12.3. The van der Waals surface area contributed by atoms with E-state index in [0.717, 1.165) is 55.6 Å². The van der Waals surface area contributed by atoms with Gasteiger partial charge in [-0.2, -0.15) is 10.5 Å². The molecule has 0 fully saturated rings. The van der Waals surface area contributed by atoms with E-state index >= 15 is 0 Å². The minimum atomic E-state index is -0.301. The maximum Gasteiger partial charge on any atom is 0.0992 e. The van der Waals surface area contributed by atoms with E-state index in [2.05, 4.69) is 174 Å². The lowest BCUT2D eigenvalue weighted by Crippen LogP contribution is -2.39. The van der Waals surface area contributed by atoms with E-state index in [9.17, 15) is 10.5 Å². The van der Waals surface area contributed by atoms with Crippen molar-refractivity contribution in [1.82, 2.24) is 4.57 Å². The standard InChI is InChI=1S/C51H34N4/c1-51-31-39(37-14-6-3-7-15-37)21-23-50(51)55(49-19-11-9-17-46(49)51)43-27-35(33-53)25-41(29-43)40-24-34(32-52)26-42(28-40)54-47-18-10-8-16-44(47)45-30-38(20-22-48(45)54)36-12-4-2-5-13-36/h2-31,50H,1H3. The Kier molecular flexibility index (Phi) is 7.41. The molecule has 55 heavy (non-hydrogen) atoms. The number of para-hydroxylation sites is 2. The summed E-state index contributed by atoms with van der Waals surface area (Å²) >= 11 is 0. The van der Waals surface area contributed by atoms with Gasteiger partial charge in [-0.25, -0.2) is 0 Å². The highest BCUT2D eigenvalue weighted by atomic mass is 15.2. The molecule has 7 aromatic carbocycles. The molecule has 0 saturated carbocycles. The molecule has 0 amide bonds. The lowest BCUT2D eigenvalue weighted by atomic mass is 9.73. The number of nitriles is 2. The van der Waals surface area contributed by atoms with Crippen LogP contribution in [0.4, 0.5) is 11.4 Å². The number of benzene rings is 7. The van der Waals surface area contributed by atoms with Crippen LogP contribution in [0.2, 0.25) is 0 Å². The third-order valence-corrected chi connectivity index (χ3v) is 11.4. The highest BCUT2D eigenvalue weighted by Crippen LogP contribution is 2.53. The van der Waals surface area contributed by atoms with Crippen LogP contribution < -0.4 is 4.90 Å². The zero-order valence-corrected chi connectivity index (χ0v) is 30.2. The molecular weight excluding hydrogens is 669 g/mol. The summed E-state index contributed by atoms with van der Waals surface area (Å²) in [6.45, 7) is 2.31. The number of aromatic nitrogens is 1. The fraction of sp³-hybridized carbons (Fsp3) is 0.0588. The molecule has 0 saturated heterocycles. The fourth-order valence-electron chi connectivity index (χ4n) is 8.86. The average molecular weight is 703 g/mol. The Hall–Kier alpha value is -7.40. The van der Waals surface area contributed by atoms with Gasteiger partial charge in [-0.3, -0.25) is 0 Å². The molecule has 0 N–H and O–H groups in total. The van der Waals surface area contributed by atoms with Gasteiger partial charge in [0.05, 0.1) is 40.3 Å². The van der Waals surface area contributed by atoms with Crippen LogP contribution in [-0.2, 0) is 5.41 Å². The van der Waals surface area contributed by atoms with Gasteiger partial charge in [0.15, 0.2) is 0 Å². The van der Waals surface area contributed by atoms with Crippen LogP contribution >= 0.6 is 0 Å². The molecule has 8 aromatic rings. The normalized spacial score (nSPS) is 17.0. The summed E-state index contributed by atoms with van der Waals surface area (Å²) in [5, 5.41) is 23.1. The Morgan fingerprint density at radius 3 is 1.89 bits per heavy atom. The van der Waals surface area contributed by atoms with Gasteiger partial charge < -0.3 is 9.47 Å². The number of fused-ring (bicyclic) bond motifs is 6. The predicted molar refractivity (Wildman–Crippen MR) is 224 cm³/mol. The van der Waals surface area contributed by atoms with E-state index in [4.69, 9.17) is 0 Å². The van der Waals surface area contributed by atoms with Crippen LogP contribution in [0.25, 0.3) is 55.3 Å². The minimum Gasteiger partial charge on any atom is -0.333 e. The molecule has 4 heteroatoms. The molecule has 258 valence electrons. The smallest absolute Gasteiger partial charge is 0.0992 e. The summed E-state index contributed by atoms with van der Waals surface area (Å²) in [6, 6.07) is 61.7. The summed E-state index contributed by atoms with van der Waals surface area (Å²) in [5.74, 6) is 0. The highest BCUT2D eigenvalue weighted by molar-refractivity contribution is 6.10. The van der Waals surface area contributed by atoms with Crippen LogP contribution in [0.3, 0.4) is 0 Å². The van der Waals surface area contributed by atoms with Crippen molar-refractivity contribution in [1.29, 1.82) is 10.5 Å². The van der Waals surface area contributed by atoms with E-state index in [1.165, 1.54) is 22.3 Å². The van der Waals surface area contributed by atoms with Crippen molar-refractivity contribution in [3.8, 4) is 40.1 Å². The van der Waals surface area contributed by atoms with Crippen molar-refractivity contribution in [2.24, 2.45) is 0 Å². The summed E-state index contributed by atoms with van der Waals surface area (Å²) in [6.07, 6.45) is 6.94. The lowest BCUT2D eigenvalue weighted by molar-refractivity contribution is 0.553. The molecule has 1 aliphatic carbocycles. The first-order valence-corrected chi connectivity index (χ1v) is 18.6. The van der Waals surface area contributed by atoms with Crippen LogP contribution in [0.5, 0.6) is 0 Å². The molecule has 1 aliphatic heterocycles. The van der Waals surface area contributed by atoms with Gasteiger partial charge in [-0.05, 0) is 107 Å². The zero-order valence-electron chi connectivity index (χ0n) is 30.2. The minimum absolute atomic E-state index is 0.00135. The number of nitrogens with zero attached hydrogens (tertiary/aromatic N) is 4. The largest absolute Gasteiger partial charge is 0.333 e. The summed E-state index contributed by atoms with van der Waals surface area (Å²) in [5.41, 5.74) is 13.6. The number of rotatable bonds is 5. The van der Waals surface area contributed by atoms with Gasteiger partial charge in [-0.1, -0.05) is 121 Å². The average Bonchev–Trinajstić information content (AvgIpc) is 3.72. The van der Waals surface area contributed by atoms with Gasteiger partial charge >= 0.3 is 0 Å². The number of hydrogen-bond donors (Lipinski definition) is 0. The third kappa shape index (κ3) is 5.19. The molecule has 0 spiro atoms. The molecule has 0 radical (unpaired) electrons. The van der Waals surface area contributed by atoms with E-state index in [1.54, 1.807) is 0 Å². The van der Waals surface area contributed by atoms with Gasteiger partial charge in [0, 0.05) is 33.2 Å². The third-order valence-electron chi connectivity index (χ3n) is 11.4. The second-order valence-corrected chi connectivity index (χ2v) is 14.7. The van der Waals surface area contributed by atoms with Crippen molar-refractivity contribution >= 4 is 38.8 Å². The molecule has 2 aliphatic rings. The van der Waals surface area contributed by atoms with Gasteiger partial charge in [0.25, 0.3) is 0 Å². The Morgan fingerprint density at radius 2 is 1.15 bits per heavy atom. The van der Waals surface area contributed by atoms with Gasteiger partial charge in [0.2, 0.25) is 0 Å². The summed E-state index contributed by atoms with van der Waals surface area (Å²) < 4.78 is 2.25. The Bertz CT molecular complexity index is 2970. The molecular formula is C51H34N4. The van der Waals surface area contributed by atoms with E-state index < -0.39 is 0 Å². The van der Waals surface area contributed by atoms with Crippen molar-refractivity contribution in [2.75, 3.05) is 4.90 Å². The molecule has 1 aromatic heterocycles. The van der Waals surface area contributed by atoms with Crippen LogP contribution in [-0.4, -0.2) is 10.6 Å². The number of anilines is 2. The van der Waals surface area contributed by atoms with Crippen LogP contribution in [0.1, 0.15) is 29.2 Å². The molecule has 10 rings (SSSR count). The number of allylic oxidation sites excluding steroid dienone is 2. The monoisotopic (exact) mass is 702 g/mol. The fourth-order valence-corrected chi connectivity index (χ4v) is 8.86. The molecule has 4 nitrogen and oxygen atoms in total. The lowest BCUT2D eigenvalue weighted by Gasteiger charge is -2.36. The summed E-state index contributed by atoms with van der Waals surface area (Å²) in [4.78, 5) is 2.38. The number of hydrogen-bond acceptors (Lipinski definition) is 3. The SMILES string of the molecule is CC12C=C(c3ccccc3)C=CC1N(c1cc(C#N)cc(-c3cc(C#N)cc(-n4c5ccccc5c5cc(-c6ccccc6)ccc54)c3)c1)c1ccccc12. The Balaban J connectivity index is 1.12. The quantitative estimate of drug-likeness (QED) is 0.179. The molecule has 0 bridgehead atoms. The Morgan fingerprint density at radius 1 is 0.527 bits per heavy atom. The summed E-state index contributed by atoms with van der Waals surface area (Å²) in [7, 11) is 0. The van der Waals surface area contributed by atoms with Crippen molar-refractivity contribution in [3.63, 3.8) is 0 Å². The maximum atomic E-state index is 10.4. The van der Waals surface area contributed by atoms with E-state index in [1.807, 2.05) is 36.4 Å². The van der Waals surface area contributed by atoms with Gasteiger partial charge in [-0.15, -0.1) is 0 Å². The van der Waals surface area contributed by atoms with E-state index in [0.29, 0.717) is 11.1 Å². The van der Waals surface area contributed by atoms with Crippen molar-refractivity contribution in [3.05, 3.63) is 204 Å². The van der Waals surface area contributed by atoms with Crippen molar-refractivity contribution < 1.29 is 0 Å². The maximum absolute atomic E-state index is 10.4. The second-order valence-electron chi connectivity index (χ2n) is 14.7. The molecule has 2 heterocycles. The van der Waals surface area contributed by atoms with Crippen LogP contribution in [0.15, 0.2) is 182 Å². The zero-order chi connectivity index (χ0) is 37.1. The first-order chi connectivity index (χ1) is 27.0. The van der Waals surface area contributed by atoms with Crippen LogP contribution in [0, 0.1) is 22.7 Å². The highest BCUT2D eigenvalue weighted by Gasteiger charge is 2.47. The van der Waals surface area contributed by atoms with E-state index in [-0.39, 0.29) is 11.5 Å². The molecule has 2 unspecified atom stereocenters. The Labute approximate surface area is 320 Å². The first-order valence-electron chi connectivity index (χ1n) is 18.6. The molecule has 2 atom stereocenters. The topological polar surface area (TPSA) is 55.8 Å².